The van der Waals surface area contributed by atoms with E-state index in [2.05, 4.69) is 5.32 Å². The Labute approximate surface area is 230 Å². The molecule has 0 saturated carbocycles. The van der Waals surface area contributed by atoms with E-state index in [0.717, 1.165) is 21.9 Å². The molecule has 0 unspecified atom stereocenters. The summed E-state index contributed by atoms with van der Waals surface area (Å²) in [6.45, 7) is 7.00. The molecular formula is C29H34ClN3O4S. The van der Waals surface area contributed by atoms with Crippen molar-refractivity contribution >= 4 is 39.1 Å². The van der Waals surface area contributed by atoms with E-state index in [9.17, 15) is 18.0 Å². The Morgan fingerprint density at radius 1 is 0.947 bits per heavy atom. The smallest absolute Gasteiger partial charge is 0.264 e. The number of nitrogens with zero attached hydrogens (tertiary/aromatic N) is 2. The largest absolute Gasteiger partial charge is 0.352 e. The lowest BCUT2D eigenvalue weighted by Crippen LogP contribution is -2.52. The van der Waals surface area contributed by atoms with Gasteiger partial charge in [-0.05, 0) is 63.1 Å². The summed E-state index contributed by atoms with van der Waals surface area (Å²) in [5, 5.41) is 3.26. The van der Waals surface area contributed by atoms with E-state index < -0.39 is 28.5 Å². The highest BCUT2D eigenvalue weighted by atomic mass is 35.5. The number of rotatable bonds is 11. The van der Waals surface area contributed by atoms with E-state index in [-0.39, 0.29) is 29.1 Å². The lowest BCUT2D eigenvalue weighted by atomic mass is 10.1. The number of hydrogen-bond donors (Lipinski definition) is 1. The number of carbonyl (C=O) groups is 2. The summed E-state index contributed by atoms with van der Waals surface area (Å²) in [5.41, 5.74) is 1.98. The molecule has 3 rings (SSSR count). The Balaban J connectivity index is 2.01. The third-order valence-electron chi connectivity index (χ3n) is 6.35. The van der Waals surface area contributed by atoms with Gasteiger partial charge in [0.15, 0.2) is 0 Å². The van der Waals surface area contributed by atoms with Crippen LogP contribution in [0.1, 0.15) is 38.3 Å². The summed E-state index contributed by atoms with van der Waals surface area (Å²) in [7, 11) is -4.13. The number of benzene rings is 3. The molecule has 9 heteroatoms. The Bertz CT molecular complexity index is 1350. The molecule has 0 aliphatic carbocycles. The highest BCUT2D eigenvalue weighted by molar-refractivity contribution is 7.92. The molecule has 0 fully saturated rings. The fourth-order valence-corrected chi connectivity index (χ4v) is 5.42. The zero-order valence-corrected chi connectivity index (χ0v) is 23.7. The molecular weight excluding hydrogens is 522 g/mol. The van der Waals surface area contributed by atoms with E-state index in [1.807, 2.05) is 51.1 Å². The lowest BCUT2D eigenvalue weighted by molar-refractivity contribution is -0.139. The zero-order valence-electron chi connectivity index (χ0n) is 22.1. The molecule has 3 aromatic rings. The lowest BCUT2D eigenvalue weighted by Gasteiger charge is -2.32. The first-order valence-electron chi connectivity index (χ1n) is 12.5. The second-order valence-corrected chi connectivity index (χ2v) is 11.6. The molecule has 0 aliphatic heterocycles. The Hall–Kier alpha value is -3.36. The predicted molar refractivity (Wildman–Crippen MR) is 152 cm³/mol. The van der Waals surface area contributed by atoms with E-state index in [0.29, 0.717) is 5.02 Å². The van der Waals surface area contributed by atoms with Crippen molar-refractivity contribution in [1.82, 2.24) is 10.2 Å². The topological polar surface area (TPSA) is 86.8 Å². The van der Waals surface area contributed by atoms with E-state index >= 15 is 0 Å². The maximum Gasteiger partial charge on any atom is 0.264 e. The molecule has 0 bridgehead atoms. The van der Waals surface area contributed by atoms with Crippen LogP contribution in [0.25, 0.3) is 0 Å². The number of aryl methyl sites for hydroxylation is 1. The quantitative estimate of drug-likeness (QED) is 0.353. The Morgan fingerprint density at radius 3 is 2.21 bits per heavy atom. The maximum atomic E-state index is 13.9. The van der Waals surface area contributed by atoms with E-state index in [1.165, 1.54) is 23.1 Å². The van der Waals surface area contributed by atoms with Gasteiger partial charge in [-0.25, -0.2) is 8.42 Å². The first kappa shape index (κ1) is 29.2. The van der Waals surface area contributed by atoms with Crippen LogP contribution in [0.5, 0.6) is 0 Å². The van der Waals surface area contributed by atoms with Crippen molar-refractivity contribution in [2.45, 2.75) is 57.6 Å². The van der Waals surface area contributed by atoms with Crippen LogP contribution in [-0.4, -0.2) is 43.8 Å². The van der Waals surface area contributed by atoms with Gasteiger partial charge in [-0.15, -0.1) is 0 Å². The third-order valence-corrected chi connectivity index (χ3v) is 8.37. The molecule has 202 valence electrons. The van der Waals surface area contributed by atoms with Crippen molar-refractivity contribution < 1.29 is 18.0 Å². The summed E-state index contributed by atoms with van der Waals surface area (Å²) < 4.78 is 28.6. The van der Waals surface area contributed by atoms with Crippen LogP contribution in [0.4, 0.5) is 5.69 Å². The molecule has 2 atom stereocenters. The summed E-state index contributed by atoms with van der Waals surface area (Å²) in [6, 6.07) is 21.2. The molecule has 0 spiro atoms. The molecule has 1 N–H and O–H groups in total. The Kier molecular flexibility index (Phi) is 9.94. The van der Waals surface area contributed by atoms with Crippen LogP contribution in [0, 0.1) is 6.92 Å². The predicted octanol–water partition coefficient (Wildman–Crippen LogP) is 5.18. The highest BCUT2D eigenvalue weighted by Crippen LogP contribution is 2.27. The van der Waals surface area contributed by atoms with Gasteiger partial charge < -0.3 is 10.2 Å². The second kappa shape index (κ2) is 12.9. The molecule has 7 nitrogen and oxygen atoms in total. The standard InChI is InChI=1S/C29H34ClN3O4S/c1-5-22(3)31-29(35)23(4)32(19-24-10-7-6-8-11-24)28(34)20-33(26-13-9-12-25(30)18-26)38(36,37)27-16-14-21(2)15-17-27/h6-18,22-23H,5,19-20H2,1-4H3,(H,31,35)/t22-,23+/m0/s1. The zero-order chi connectivity index (χ0) is 27.9. The molecule has 0 aromatic heterocycles. The van der Waals surface area contributed by atoms with Crippen molar-refractivity contribution in [1.29, 1.82) is 0 Å². The molecule has 0 aliphatic rings. The van der Waals surface area contributed by atoms with Gasteiger partial charge in [0.05, 0.1) is 10.6 Å². The first-order chi connectivity index (χ1) is 18.0. The van der Waals surface area contributed by atoms with Gasteiger partial charge in [-0.2, -0.15) is 0 Å². The second-order valence-electron chi connectivity index (χ2n) is 9.31. The van der Waals surface area contributed by atoms with Crippen molar-refractivity contribution in [2.75, 3.05) is 10.8 Å². The fraction of sp³-hybridized carbons (Fsp3) is 0.310. The van der Waals surface area contributed by atoms with Crippen LogP contribution in [-0.2, 0) is 26.2 Å². The van der Waals surface area contributed by atoms with Gasteiger partial charge >= 0.3 is 0 Å². The normalized spacial score (nSPS) is 12.9. The fourth-order valence-electron chi connectivity index (χ4n) is 3.83. The molecule has 0 saturated heterocycles. The van der Waals surface area contributed by atoms with Crippen molar-refractivity contribution in [3.8, 4) is 0 Å². The molecule has 38 heavy (non-hydrogen) atoms. The first-order valence-corrected chi connectivity index (χ1v) is 14.3. The monoisotopic (exact) mass is 555 g/mol. The van der Waals surface area contributed by atoms with Crippen LogP contribution < -0.4 is 9.62 Å². The summed E-state index contributed by atoms with van der Waals surface area (Å²) in [4.78, 5) is 28.4. The van der Waals surface area contributed by atoms with Gasteiger partial charge in [0.2, 0.25) is 11.8 Å². The van der Waals surface area contributed by atoms with Crippen molar-refractivity contribution in [2.24, 2.45) is 0 Å². The average Bonchev–Trinajstić information content (AvgIpc) is 2.90. The van der Waals surface area contributed by atoms with Crippen LogP contribution >= 0.6 is 11.6 Å². The minimum absolute atomic E-state index is 0.0491. The number of nitrogens with one attached hydrogen (secondary N) is 1. The summed E-state index contributed by atoms with van der Waals surface area (Å²) >= 11 is 6.20. The number of sulfonamides is 1. The minimum atomic E-state index is -4.13. The molecule has 3 aromatic carbocycles. The maximum absolute atomic E-state index is 13.9. The number of hydrogen-bond acceptors (Lipinski definition) is 4. The van der Waals surface area contributed by atoms with Crippen molar-refractivity contribution in [3.63, 3.8) is 0 Å². The van der Waals surface area contributed by atoms with Crippen LogP contribution in [0.2, 0.25) is 5.02 Å². The van der Waals surface area contributed by atoms with Gasteiger partial charge in [-0.3, -0.25) is 13.9 Å². The molecule has 2 amide bonds. The van der Waals surface area contributed by atoms with Crippen molar-refractivity contribution in [3.05, 3.63) is 95.0 Å². The molecule has 0 radical (unpaired) electrons. The van der Waals surface area contributed by atoms with Crippen LogP contribution in [0.15, 0.2) is 83.8 Å². The number of amides is 2. The number of carbonyl (C=O) groups excluding carboxylic acids is 2. The third kappa shape index (κ3) is 7.36. The molecule has 0 heterocycles. The van der Waals surface area contributed by atoms with Gasteiger partial charge in [-0.1, -0.05) is 72.6 Å². The van der Waals surface area contributed by atoms with Crippen LogP contribution in [0.3, 0.4) is 0 Å². The summed E-state index contributed by atoms with van der Waals surface area (Å²) in [5.74, 6) is -0.823. The SMILES string of the molecule is CC[C@H](C)NC(=O)[C@@H](C)N(Cc1ccccc1)C(=O)CN(c1cccc(Cl)c1)S(=O)(=O)c1ccc(C)cc1. The van der Waals surface area contributed by atoms with Gasteiger partial charge in [0, 0.05) is 17.6 Å². The Morgan fingerprint density at radius 2 is 1.61 bits per heavy atom. The van der Waals surface area contributed by atoms with E-state index in [4.69, 9.17) is 11.6 Å². The number of halogens is 1. The van der Waals surface area contributed by atoms with E-state index in [1.54, 1.807) is 37.3 Å². The van der Waals surface area contributed by atoms with Gasteiger partial charge in [0.1, 0.15) is 12.6 Å². The summed E-state index contributed by atoms with van der Waals surface area (Å²) in [6.07, 6.45) is 0.739. The average molecular weight is 556 g/mol. The minimum Gasteiger partial charge on any atom is -0.352 e. The number of anilines is 1. The highest BCUT2D eigenvalue weighted by Gasteiger charge is 2.32. The van der Waals surface area contributed by atoms with Gasteiger partial charge in [0.25, 0.3) is 10.0 Å².